The lowest BCUT2D eigenvalue weighted by Crippen LogP contribution is -2.44. The summed E-state index contributed by atoms with van der Waals surface area (Å²) in [6.07, 6.45) is 0.978. The van der Waals surface area contributed by atoms with Gasteiger partial charge < -0.3 is 11.1 Å². The highest BCUT2D eigenvalue weighted by molar-refractivity contribution is 9.10. The number of rotatable bonds is 3. The van der Waals surface area contributed by atoms with Crippen LogP contribution in [0, 0.1) is 6.92 Å². The van der Waals surface area contributed by atoms with Gasteiger partial charge in [-0.2, -0.15) is 0 Å². The number of benzene rings is 2. The van der Waals surface area contributed by atoms with E-state index < -0.39 is 0 Å². The summed E-state index contributed by atoms with van der Waals surface area (Å²) in [6.45, 7) is 5.57. The molecule has 1 aliphatic heterocycles. The van der Waals surface area contributed by atoms with Gasteiger partial charge in [-0.25, -0.2) is 0 Å². The smallest absolute Gasteiger partial charge is 0.241 e. The number of carbonyl (C=O) groups is 1. The molecule has 0 aromatic heterocycles. The first kappa shape index (κ1) is 17.0. The zero-order chi connectivity index (χ0) is 17.3. The fraction of sp³-hybridized carbons (Fsp3) is 0.316. The van der Waals surface area contributed by atoms with Gasteiger partial charge in [-0.3, -0.25) is 9.69 Å². The minimum atomic E-state index is -0.211. The minimum absolute atomic E-state index is 0.0291. The number of aryl methyl sites for hydroxylation is 1. The van der Waals surface area contributed by atoms with Crippen molar-refractivity contribution < 1.29 is 4.79 Å². The van der Waals surface area contributed by atoms with Crippen LogP contribution < -0.4 is 11.1 Å². The molecule has 1 unspecified atom stereocenters. The molecule has 3 rings (SSSR count). The number of fused-ring (bicyclic) bond motifs is 1. The summed E-state index contributed by atoms with van der Waals surface area (Å²) in [7, 11) is 0. The zero-order valence-corrected chi connectivity index (χ0v) is 15.6. The van der Waals surface area contributed by atoms with Gasteiger partial charge in [0.25, 0.3) is 0 Å². The predicted molar refractivity (Wildman–Crippen MR) is 102 cm³/mol. The third-order valence-corrected chi connectivity index (χ3v) is 5.15. The molecule has 0 spiro atoms. The van der Waals surface area contributed by atoms with Gasteiger partial charge in [0.15, 0.2) is 0 Å². The van der Waals surface area contributed by atoms with Gasteiger partial charge >= 0.3 is 0 Å². The van der Waals surface area contributed by atoms with E-state index in [1.54, 1.807) is 0 Å². The number of carbonyl (C=O) groups excluding carboxylic acids is 1. The van der Waals surface area contributed by atoms with Crippen molar-refractivity contribution in [2.24, 2.45) is 0 Å². The van der Waals surface area contributed by atoms with Crippen LogP contribution >= 0.6 is 15.9 Å². The molecule has 0 saturated carbocycles. The molecule has 0 fully saturated rings. The number of nitrogen functional groups attached to an aromatic ring is 1. The van der Waals surface area contributed by atoms with Crippen molar-refractivity contribution in [3.05, 3.63) is 57.6 Å². The Kier molecular flexibility index (Phi) is 4.92. The van der Waals surface area contributed by atoms with Crippen LogP contribution in [0.4, 0.5) is 11.4 Å². The topological polar surface area (TPSA) is 58.4 Å². The van der Waals surface area contributed by atoms with Gasteiger partial charge in [0, 0.05) is 17.6 Å². The predicted octanol–water partition coefficient (Wildman–Crippen LogP) is 3.73. The first-order valence-electron chi connectivity index (χ1n) is 8.13. The van der Waals surface area contributed by atoms with Crippen LogP contribution in [-0.2, 0) is 17.8 Å². The number of halogens is 1. The van der Waals surface area contributed by atoms with Crippen molar-refractivity contribution in [2.45, 2.75) is 32.9 Å². The molecule has 4 nitrogen and oxygen atoms in total. The fourth-order valence-corrected chi connectivity index (χ4v) is 3.68. The number of amides is 1. The van der Waals surface area contributed by atoms with Crippen LogP contribution in [0.1, 0.15) is 23.6 Å². The van der Waals surface area contributed by atoms with Crippen molar-refractivity contribution in [2.75, 3.05) is 17.6 Å². The van der Waals surface area contributed by atoms with Gasteiger partial charge in [0.2, 0.25) is 5.91 Å². The maximum absolute atomic E-state index is 12.7. The van der Waals surface area contributed by atoms with Gasteiger partial charge in [0.1, 0.15) is 0 Å². The van der Waals surface area contributed by atoms with E-state index in [9.17, 15) is 4.79 Å². The van der Waals surface area contributed by atoms with Gasteiger partial charge in [-0.15, -0.1) is 0 Å². The second-order valence-electron chi connectivity index (χ2n) is 6.34. The number of hydrogen-bond acceptors (Lipinski definition) is 3. The Morgan fingerprint density at radius 3 is 2.75 bits per heavy atom. The van der Waals surface area contributed by atoms with Crippen LogP contribution in [-0.4, -0.2) is 23.4 Å². The van der Waals surface area contributed by atoms with Gasteiger partial charge in [0.05, 0.1) is 17.4 Å². The molecule has 0 saturated heterocycles. The summed E-state index contributed by atoms with van der Waals surface area (Å²) in [4.78, 5) is 14.9. The molecular weight excluding hydrogens is 366 g/mol. The summed E-state index contributed by atoms with van der Waals surface area (Å²) in [5.74, 6) is -0.0291. The molecule has 1 aliphatic rings. The molecule has 1 atom stereocenters. The Hall–Kier alpha value is -1.85. The van der Waals surface area contributed by atoms with E-state index in [4.69, 9.17) is 5.73 Å². The number of nitrogens with zero attached hydrogens (tertiary/aromatic N) is 1. The highest BCUT2D eigenvalue weighted by atomic mass is 79.9. The number of nitrogens with two attached hydrogens (primary N) is 1. The maximum Gasteiger partial charge on any atom is 0.241 e. The SMILES string of the molecule is Cc1cc(Br)cc(NC(=O)C(C)N2CCc3ccccc3C2)c1N. The average molecular weight is 388 g/mol. The van der Waals surface area contributed by atoms with Crippen LogP contribution in [0.15, 0.2) is 40.9 Å². The monoisotopic (exact) mass is 387 g/mol. The van der Waals surface area contributed by atoms with Gasteiger partial charge in [-0.1, -0.05) is 40.2 Å². The standard InChI is InChI=1S/C19H22BrN3O/c1-12-9-16(20)10-17(18(12)21)22-19(24)13(2)23-8-7-14-5-3-4-6-15(14)11-23/h3-6,9-10,13H,7-8,11,21H2,1-2H3,(H,22,24). The Morgan fingerprint density at radius 2 is 2.00 bits per heavy atom. The van der Waals surface area contributed by atoms with E-state index in [0.717, 1.165) is 29.5 Å². The molecule has 0 bridgehead atoms. The molecule has 5 heteroatoms. The maximum atomic E-state index is 12.7. The third-order valence-electron chi connectivity index (χ3n) is 4.70. The third kappa shape index (κ3) is 3.47. The largest absolute Gasteiger partial charge is 0.397 e. The molecule has 1 heterocycles. The molecule has 0 radical (unpaired) electrons. The lowest BCUT2D eigenvalue weighted by Gasteiger charge is -2.33. The molecule has 1 amide bonds. The van der Waals surface area contributed by atoms with Gasteiger partial charge in [-0.05, 0) is 49.1 Å². The zero-order valence-electron chi connectivity index (χ0n) is 14.0. The Labute approximate surface area is 151 Å². The summed E-state index contributed by atoms with van der Waals surface area (Å²) in [5.41, 5.74) is 11.0. The van der Waals surface area contributed by atoms with E-state index >= 15 is 0 Å². The van der Waals surface area contributed by atoms with Crippen molar-refractivity contribution in [1.82, 2.24) is 4.90 Å². The average Bonchev–Trinajstić information content (AvgIpc) is 2.58. The highest BCUT2D eigenvalue weighted by Crippen LogP contribution is 2.28. The molecule has 2 aromatic rings. The summed E-state index contributed by atoms with van der Waals surface area (Å²) >= 11 is 3.45. The van der Waals surface area contributed by atoms with Crippen LogP contribution in [0.3, 0.4) is 0 Å². The molecule has 24 heavy (non-hydrogen) atoms. The Bertz CT molecular complexity index is 775. The second-order valence-corrected chi connectivity index (χ2v) is 7.25. The minimum Gasteiger partial charge on any atom is -0.397 e. The summed E-state index contributed by atoms with van der Waals surface area (Å²) < 4.78 is 0.907. The van der Waals surface area contributed by atoms with Crippen molar-refractivity contribution in [3.63, 3.8) is 0 Å². The number of anilines is 2. The Morgan fingerprint density at radius 1 is 1.29 bits per heavy atom. The van der Waals surface area contributed by atoms with E-state index in [1.165, 1.54) is 11.1 Å². The number of hydrogen-bond donors (Lipinski definition) is 2. The first-order valence-corrected chi connectivity index (χ1v) is 8.92. The lowest BCUT2D eigenvalue weighted by atomic mass is 9.98. The molecule has 2 aromatic carbocycles. The van der Waals surface area contributed by atoms with Crippen LogP contribution in [0.25, 0.3) is 0 Å². The second kappa shape index (κ2) is 6.95. The first-order chi connectivity index (χ1) is 11.5. The van der Waals surface area contributed by atoms with Crippen molar-refractivity contribution in [3.8, 4) is 0 Å². The van der Waals surface area contributed by atoms with Crippen molar-refractivity contribution >= 4 is 33.2 Å². The van der Waals surface area contributed by atoms with Crippen LogP contribution in [0.2, 0.25) is 0 Å². The van der Waals surface area contributed by atoms with E-state index in [0.29, 0.717) is 11.4 Å². The highest BCUT2D eigenvalue weighted by Gasteiger charge is 2.25. The fourth-order valence-electron chi connectivity index (χ4n) is 3.11. The molecule has 126 valence electrons. The Balaban J connectivity index is 1.72. The van der Waals surface area contributed by atoms with E-state index in [-0.39, 0.29) is 11.9 Å². The van der Waals surface area contributed by atoms with E-state index in [1.807, 2.05) is 26.0 Å². The summed E-state index contributed by atoms with van der Waals surface area (Å²) in [5, 5.41) is 2.98. The molecule has 3 N–H and O–H groups in total. The van der Waals surface area contributed by atoms with Crippen molar-refractivity contribution in [1.29, 1.82) is 0 Å². The molecular formula is C19H22BrN3O. The summed E-state index contributed by atoms with van der Waals surface area (Å²) in [6, 6.07) is 12.0. The van der Waals surface area contributed by atoms with Crippen LogP contribution in [0.5, 0.6) is 0 Å². The van der Waals surface area contributed by atoms with E-state index in [2.05, 4.69) is 50.4 Å². The lowest BCUT2D eigenvalue weighted by molar-refractivity contribution is -0.121. The quantitative estimate of drug-likeness (QED) is 0.788. The normalized spacial score (nSPS) is 15.6. The molecule has 0 aliphatic carbocycles. The number of nitrogens with one attached hydrogen (secondary N) is 1.